The van der Waals surface area contributed by atoms with Crippen molar-refractivity contribution in [1.82, 2.24) is 9.78 Å². The van der Waals surface area contributed by atoms with Crippen LogP contribution >= 0.6 is 15.9 Å². The Morgan fingerprint density at radius 3 is 2.62 bits per heavy atom. The van der Waals surface area contributed by atoms with Crippen molar-refractivity contribution in [3.8, 4) is 16.9 Å². The van der Waals surface area contributed by atoms with Gasteiger partial charge in [0.05, 0.1) is 17.8 Å². The number of ether oxygens (including phenoxy) is 2. The van der Waals surface area contributed by atoms with E-state index in [4.69, 9.17) is 9.47 Å². The Bertz CT molecular complexity index is 659. The van der Waals surface area contributed by atoms with Crippen molar-refractivity contribution >= 4 is 22.0 Å². The Morgan fingerprint density at radius 1 is 1.29 bits per heavy atom. The summed E-state index contributed by atoms with van der Waals surface area (Å²) in [7, 11) is 1.61. The molecular formula is C15H17BrN2O3. The van der Waals surface area contributed by atoms with Gasteiger partial charge in [-0.15, -0.1) is 0 Å². The second-order valence-electron chi connectivity index (χ2n) is 5.50. The number of rotatable bonds is 2. The molecule has 0 amide bonds. The van der Waals surface area contributed by atoms with Gasteiger partial charge in [0.25, 0.3) is 0 Å². The van der Waals surface area contributed by atoms with Crippen LogP contribution in [-0.4, -0.2) is 28.6 Å². The average molecular weight is 353 g/mol. The van der Waals surface area contributed by atoms with Crippen molar-refractivity contribution in [1.29, 1.82) is 0 Å². The molecule has 2 aromatic rings. The maximum Gasteiger partial charge on any atom is 0.435 e. The lowest BCUT2D eigenvalue weighted by Crippen LogP contribution is -2.27. The van der Waals surface area contributed by atoms with Gasteiger partial charge in [0.1, 0.15) is 11.4 Å². The first-order valence-electron chi connectivity index (χ1n) is 6.42. The van der Waals surface area contributed by atoms with Crippen molar-refractivity contribution in [3.63, 3.8) is 0 Å². The molecule has 0 N–H and O–H groups in total. The standard InChI is InChI=1S/C15H17BrN2O3/c1-15(2,3)21-14(19)18-9-11(8-17-18)10-5-6-12(16)13(7-10)20-4/h5-9H,1-4H3. The molecule has 1 aromatic heterocycles. The molecule has 0 spiro atoms. The lowest BCUT2D eigenvalue weighted by Gasteiger charge is -2.18. The number of nitrogens with zero attached hydrogens (tertiary/aromatic N) is 2. The van der Waals surface area contributed by atoms with E-state index in [2.05, 4.69) is 21.0 Å². The second-order valence-corrected chi connectivity index (χ2v) is 6.36. The molecule has 0 fully saturated rings. The number of carbonyl (C=O) groups is 1. The number of methoxy groups -OCH3 is 1. The first-order chi connectivity index (χ1) is 9.80. The summed E-state index contributed by atoms with van der Waals surface area (Å²) in [5, 5.41) is 4.04. The third-order valence-corrected chi connectivity index (χ3v) is 3.30. The number of hydrogen-bond donors (Lipinski definition) is 0. The molecule has 0 unspecified atom stereocenters. The van der Waals surface area contributed by atoms with Crippen molar-refractivity contribution in [2.45, 2.75) is 26.4 Å². The smallest absolute Gasteiger partial charge is 0.435 e. The molecule has 5 nitrogen and oxygen atoms in total. The Labute approximate surface area is 132 Å². The van der Waals surface area contributed by atoms with Gasteiger partial charge in [0.15, 0.2) is 0 Å². The maximum atomic E-state index is 11.9. The highest BCUT2D eigenvalue weighted by Gasteiger charge is 2.18. The lowest BCUT2D eigenvalue weighted by molar-refractivity contribution is 0.0514. The minimum absolute atomic E-state index is 0.502. The van der Waals surface area contributed by atoms with E-state index in [9.17, 15) is 4.79 Å². The number of hydrogen-bond acceptors (Lipinski definition) is 4. The van der Waals surface area contributed by atoms with Gasteiger partial charge in [-0.05, 0) is 54.4 Å². The fourth-order valence-electron chi connectivity index (χ4n) is 1.72. The van der Waals surface area contributed by atoms with Crippen LogP contribution in [0.2, 0.25) is 0 Å². The monoisotopic (exact) mass is 352 g/mol. The number of aromatic nitrogens is 2. The van der Waals surface area contributed by atoms with Crippen LogP contribution in [0.1, 0.15) is 20.8 Å². The third kappa shape index (κ3) is 3.85. The summed E-state index contributed by atoms with van der Waals surface area (Å²) in [5.74, 6) is 0.720. The van der Waals surface area contributed by atoms with Crippen molar-refractivity contribution < 1.29 is 14.3 Å². The molecule has 0 aliphatic heterocycles. The molecule has 0 saturated heterocycles. The van der Waals surface area contributed by atoms with E-state index in [0.717, 1.165) is 21.3 Å². The Kier molecular flexibility index (Phi) is 4.37. The summed E-state index contributed by atoms with van der Waals surface area (Å²) in [6.45, 7) is 5.44. The highest BCUT2D eigenvalue weighted by molar-refractivity contribution is 9.10. The molecule has 1 heterocycles. The van der Waals surface area contributed by atoms with Gasteiger partial charge in [0.2, 0.25) is 0 Å². The number of carbonyl (C=O) groups excluding carboxylic acids is 1. The zero-order chi connectivity index (χ0) is 15.6. The van der Waals surface area contributed by atoms with Gasteiger partial charge >= 0.3 is 6.09 Å². The quantitative estimate of drug-likeness (QED) is 0.816. The van der Waals surface area contributed by atoms with E-state index < -0.39 is 11.7 Å². The largest absolute Gasteiger partial charge is 0.496 e. The van der Waals surface area contributed by atoms with Gasteiger partial charge in [-0.1, -0.05) is 6.07 Å². The van der Waals surface area contributed by atoms with Gasteiger partial charge in [-0.2, -0.15) is 9.78 Å². The minimum Gasteiger partial charge on any atom is -0.496 e. The molecular weight excluding hydrogens is 336 g/mol. The van der Waals surface area contributed by atoms with E-state index >= 15 is 0 Å². The highest BCUT2D eigenvalue weighted by Crippen LogP contribution is 2.30. The molecule has 0 bridgehead atoms. The first kappa shape index (κ1) is 15.6. The van der Waals surface area contributed by atoms with E-state index in [0.29, 0.717) is 0 Å². The minimum atomic E-state index is -0.552. The maximum absolute atomic E-state index is 11.9. The molecule has 0 aliphatic carbocycles. The summed E-state index contributed by atoms with van der Waals surface area (Å²) in [4.78, 5) is 11.9. The summed E-state index contributed by atoms with van der Waals surface area (Å²) in [6, 6.07) is 5.68. The van der Waals surface area contributed by atoms with Crippen LogP contribution in [0.15, 0.2) is 35.1 Å². The van der Waals surface area contributed by atoms with Crippen LogP contribution in [0.4, 0.5) is 4.79 Å². The van der Waals surface area contributed by atoms with E-state index in [1.165, 1.54) is 4.68 Å². The first-order valence-corrected chi connectivity index (χ1v) is 7.21. The van der Waals surface area contributed by atoms with Gasteiger partial charge in [-0.3, -0.25) is 0 Å². The molecule has 2 rings (SSSR count). The zero-order valence-electron chi connectivity index (χ0n) is 12.4. The summed E-state index contributed by atoms with van der Waals surface area (Å²) < 4.78 is 12.6. The second kappa shape index (κ2) is 5.89. The van der Waals surface area contributed by atoms with Crippen molar-refractivity contribution in [3.05, 3.63) is 35.1 Å². The Balaban J connectivity index is 2.26. The molecule has 0 atom stereocenters. The molecule has 21 heavy (non-hydrogen) atoms. The van der Waals surface area contributed by atoms with Crippen LogP contribution < -0.4 is 4.74 Å². The van der Waals surface area contributed by atoms with Crippen molar-refractivity contribution in [2.75, 3.05) is 7.11 Å². The molecule has 112 valence electrons. The highest BCUT2D eigenvalue weighted by atomic mass is 79.9. The Morgan fingerprint density at radius 2 is 2.00 bits per heavy atom. The molecule has 6 heteroatoms. The SMILES string of the molecule is COc1cc(-c2cnn(C(=O)OC(C)(C)C)c2)ccc1Br. The zero-order valence-corrected chi connectivity index (χ0v) is 14.0. The fourth-order valence-corrected chi connectivity index (χ4v) is 2.13. The van der Waals surface area contributed by atoms with E-state index in [-0.39, 0.29) is 0 Å². The number of halogens is 1. The summed E-state index contributed by atoms with van der Waals surface area (Å²) in [5.41, 5.74) is 1.17. The number of benzene rings is 1. The van der Waals surface area contributed by atoms with E-state index in [1.807, 2.05) is 39.0 Å². The predicted molar refractivity (Wildman–Crippen MR) is 83.5 cm³/mol. The lowest BCUT2D eigenvalue weighted by atomic mass is 10.1. The Hall–Kier alpha value is -1.82. The molecule has 0 radical (unpaired) electrons. The average Bonchev–Trinajstić information content (AvgIpc) is 2.87. The topological polar surface area (TPSA) is 53.4 Å². The van der Waals surface area contributed by atoms with Crippen LogP contribution in [0.3, 0.4) is 0 Å². The van der Waals surface area contributed by atoms with Crippen LogP contribution in [0.25, 0.3) is 11.1 Å². The predicted octanol–water partition coefficient (Wildman–Crippen LogP) is 4.10. The molecule has 1 aromatic carbocycles. The van der Waals surface area contributed by atoms with Gasteiger partial charge in [-0.25, -0.2) is 4.79 Å². The van der Waals surface area contributed by atoms with Crippen LogP contribution in [0.5, 0.6) is 5.75 Å². The third-order valence-electron chi connectivity index (χ3n) is 2.65. The van der Waals surface area contributed by atoms with E-state index in [1.54, 1.807) is 19.5 Å². The summed E-state index contributed by atoms with van der Waals surface area (Å²) in [6.07, 6.45) is 2.75. The van der Waals surface area contributed by atoms with Crippen LogP contribution in [0, 0.1) is 0 Å². The normalized spacial score (nSPS) is 11.3. The van der Waals surface area contributed by atoms with Crippen molar-refractivity contribution in [2.24, 2.45) is 0 Å². The molecule has 0 saturated carbocycles. The summed E-state index contributed by atoms with van der Waals surface area (Å²) >= 11 is 3.40. The van der Waals surface area contributed by atoms with Gasteiger partial charge in [0, 0.05) is 11.8 Å². The fraction of sp³-hybridized carbons (Fsp3) is 0.333. The van der Waals surface area contributed by atoms with Gasteiger partial charge < -0.3 is 9.47 Å². The van der Waals surface area contributed by atoms with Crippen LogP contribution in [-0.2, 0) is 4.74 Å². The molecule has 0 aliphatic rings.